The van der Waals surface area contributed by atoms with Gasteiger partial charge in [0.15, 0.2) is 0 Å². The number of halogens is 5. The van der Waals surface area contributed by atoms with Crippen LogP contribution >= 0.6 is 57.5 Å². The van der Waals surface area contributed by atoms with Gasteiger partial charge in [0.05, 0.1) is 39.6 Å². The molecule has 0 saturated heterocycles. The van der Waals surface area contributed by atoms with Crippen LogP contribution in [0.25, 0.3) is 22.3 Å². The lowest BCUT2D eigenvalue weighted by atomic mass is 9.99. The van der Waals surface area contributed by atoms with Gasteiger partial charge < -0.3 is 24.7 Å². The number of methoxy groups -OCH3 is 4. The van der Waals surface area contributed by atoms with E-state index in [0.717, 1.165) is 11.3 Å². The van der Waals surface area contributed by atoms with E-state index in [4.69, 9.17) is 38.4 Å². The number of rotatable bonds is 9. The highest BCUT2D eigenvalue weighted by Crippen LogP contribution is 2.38. The number of hydrogen-bond donors (Lipinski definition) is 2. The maximum absolute atomic E-state index is 15.2. The number of nitrogens with two attached hydrogens (primary N) is 1. The molecule has 4 aromatic carbocycles. The molecular weight excluding hydrogens is 845 g/mol. The van der Waals surface area contributed by atoms with Gasteiger partial charge in [0.25, 0.3) is 0 Å². The summed E-state index contributed by atoms with van der Waals surface area (Å²) in [5, 5.41) is 20.8. The van der Waals surface area contributed by atoms with E-state index in [0.29, 0.717) is 76.5 Å². The molecule has 12 nitrogen and oxygen atoms in total. The molecule has 0 aliphatic heterocycles. The van der Waals surface area contributed by atoms with Crippen LogP contribution in [0.5, 0.6) is 11.5 Å². The van der Waals surface area contributed by atoms with Gasteiger partial charge in [0.2, 0.25) is 10.3 Å². The second kappa shape index (κ2) is 23.2. The first-order valence-corrected chi connectivity index (χ1v) is 18.3. The normalized spacial score (nSPS) is 9.91. The number of carbonyl (C=O) groups is 2. The summed E-state index contributed by atoms with van der Waals surface area (Å²) < 4.78 is 49.3. The smallest absolute Gasteiger partial charge is 0.413 e. The number of nitrogen functional groups attached to an aromatic ring is 1. The topological polar surface area (TPSA) is 161 Å². The molecule has 0 atom stereocenters. The van der Waals surface area contributed by atoms with E-state index in [2.05, 4.69) is 46.8 Å². The number of carbonyl (C=O) groups excluding carboxylic acids is 2. The Hall–Kier alpha value is -5.13. The third-order valence-electron chi connectivity index (χ3n) is 7.22. The van der Waals surface area contributed by atoms with Crippen molar-refractivity contribution in [1.82, 2.24) is 20.4 Å². The zero-order valence-corrected chi connectivity index (χ0v) is 33.3. The maximum Gasteiger partial charge on any atom is 0.413 e. The first kappa shape index (κ1) is 48.0. The molecule has 2 heterocycles. The molecule has 19 heteroatoms. The molecule has 2 aromatic heterocycles. The summed E-state index contributed by atoms with van der Waals surface area (Å²) in [6, 6.07) is 20.7. The van der Waals surface area contributed by atoms with Crippen LogP contribution in [0.1, 0.15) is 36.0 Å². The van der Waals surface area contributed by atoms with E-state index < -0.39 is 17.3 Å². The zero-order valence-electron chi connectivity index (χ0n) is 29.4. The molecule has 1 amide bonds. The van der Waals surface area contributed by atoms with Crippen LogP contribution in [-0.4, -0.2) is 60.4 Å². The lowest BCUT2D eigenvalue weighted by Crippen LogP contribution is -2.10. The summed E-state index contributed by atoms with van der Waals surface area (Å²) >= 11 is 19.0. The van der Waals surface area contributed by atoms with Crippen molar-refractivity contribution in [3.05, 3.63) is 116 Å². The van der Waals surface area contributed by atoms with E-state index in [-0.39, 0.29) is 32.2 Å². The minimum Gasteiger partial charge on any atom is -0.496 e. The predicted molar refractivity (Wildman–Crippen MR) is 224 cm³/mol. The highest BCUT2D eigenvalue weighted by molar-refractivity contribution is 7.15. The minimum absolute atomic E-state index is 0. The van der Waals surface area contributed by atoms with Crippen LogP contribution < -0.4 is 20.5 Å². The number of anilines is 2. The van der Waals surface area contributed by atoms with Gasteiger partial charge in [-0.15, -0.1) is 20.4 Å². The van der Waals surface area contributed by atoms with Crippen molar-refractivity contribution < 1.29 is 37.3 Å². The number of nitrogens with one attached hydrogen (secondary N) is 1. The van der Waals surface area contributed by atoms with E-state index in [1.54, 1.807) is 72.8 Å². The molecule has 0 bridgehead atoms. The lowest BCUT2D eigenvalue weighted by molar-refractivity contribution is 0.187. The van der Waals surface area contributed by atoms with Crippen molar-refractivity contribution in [3.8, 4) is 33.8 Å². The molecule has 0 aliphatic carbocycles. The van der Waals surface area contributed by atoms with Crippen molar-refractivity contribution in [2.75, 3.05) is 39.5 Å². The van der Waals surface area contributed by atoms with Crippen LogP contribution in [0.2, 0.25) is 10.0 Å². The summed E-state index contributed by atoms with van der Waals surface area (Å²) in [5.41, 5.74) is 7.70. The van der Waals surface area contributed by atoms with Gasteiger partial charge in [0, 0.05) is 34.5 Å². The zero-order chi connectivity index (χ0) is 40.1. The molecule has 0 aliphatic rings. The Morgan fingerprint density at radius 1 is 0.702 bits per heavy atom. The summed E-state index contributed by atoms with van der Waals surface area (Å²) in [7, 11) is 5.46. The Balaban J connectivity index is 0.000000344. The Bertz CT molecular complexity index is 2260. The van der Waals surface area contributed by atoms with Gasteiger partial charge in [-0.3, -0.25) is 5.32 Å². The van der Waals surface area contributed by atoms with Gasteiger partial charge in [-0.25, -0.2) is 18.4 Å². The average Bonchev–Trinajstić information content (AvgIpc) is 3.80. The summed E-state index contributed by atoms with van der Waals surface area (Å²) in [6.07, 6.45) is -0.112. The van der Waals surface area contributed by atoms with Crippen LogP contribution in [0.4, 0.5) is 28.6 Å². The summed E-state index contributed by atoms with van der Waals surface area (Å²) in [4.78, 5) is 20.6. The van der Waals surface area contributed by atoms with Gasteiger partial charge >= 0.3 is 11.5 Å². The molecule has 0 radical (unpaired) electrons. The molecule has 0 saturated carbocycles. The fourth-order valence-corrected chi connectivity index (χ4v) is 6.58. The maximum atomic E-state index is 15.2. The molecule has 6 aromatic rings. The van der Waals surface area contributed by atoms with Crippen LogP contribution in [-0.2, 0) is 22.3 Å². The summed E-state index contributed by atoms with van der Waals surface area (Å²) in [6.45, 7) is 0. The quantitative estimate of drug-likeness (QED) is 0.133. The SMILES string of the molecule is C.C.COC(=O)Cl.COC(=O)Nc1nnc(Cc2ccc(OC)c(-c3cccc(Cl)c3)c2F)s1.COc1ccc(Cc2nnc(N)s2)c(F)c1-c1cccc(Cl)c1. The molecular formula is C38H39Cl3F2N6O6S2. The third-order valence-corrected chi connectivity index (χ3v) is 9.44. The fourth-order valence-electron chi connectivity index (χ4n) is 4.82. The van der Waals surface area contributed by atoms with Crippen molar-refractivity contribution in [2.24, 2.45) is 0 Å². The highest BCUT2D eigenvalue weighted by Gasteiger charge is 2.20. The molecule has 6 rings (SSSR count). The van der Waals surface area contributed by atoms with Gasteiger partial charge in [-0.2, -0.15) is 0 Å². The highest BCUT2D eigenvalue weighted by atomic mass is 35.5. The van der Waals surface area contributed by atoms with Crippen LogP contribution in [0.3, 0.4) is 0 Å². The number of hydrogen-bond acceptors (Lipinski definition) is 13. The molecule has 0 fully saturated rings. The molecule has 3 N–H and O–H groups in total. The number of amides is 1. The fraction of sp³-hybridized carbons (Fsp3) is 0.211. The second-order valence-electron chi connectivity index (χ2n) is 10.7. The molecule has 304 valence electrons. The Morgan fingerprint density at radius 2 is 1.16 bits per heavy atom. The van der Waals surface area contributed by atoms with Gasteiger partial charge in [-0.1, -0.05) is 97.1 Å². The van der Waals surface area contributed by atoms with E-state index in [1.165, 1.54) is 39.8 Å². The summed E-state index contributed by atoms with van der Waals surface area (Å²) in [5.74, 6) is 0.0730. The number of ether oxygens (including phenoxy) is 4. The Kier molecular flexibility index (Phi) is 19.5. The average molecular weight is 884 g/mol. The minimum atomic E-state index is -0.773. The van der Waals surface area contributed by atoms with Gasteiger partial charge in [-0.05, 0) is 58.7 Å². The lowest BCUT2D eigenvalue weighted by Gasteiger charge is -2.13. The molecule has 57 heavy (non-hydrogen) atoms. The van der Waals surface area contributed by atoms with E-state index in [9.17, 15) is 9.59 Å². The second-order valence-corrected chi connectivity index (χ2v) is 14.0. The standard InChI is InChI=1S/C18H15ClFN3O3S.C16H13ClFN3OS.C2H3ClO2.2CH4/c1-25-13-7-6-11(9-14-22-23-17(27-14)21-18(24)26-2)16(20)15(13)10-4-3-5-12(19)8-10;1-22-12-6-5-10(8-13-20-21-16(19)23-13)15(18)14(12)9-3-2-4-11(17)7-9;1-5-2(3)4;;/h3-8H,9H2,1-2H3,(H,21,23,24);2-7H,8H2,1H3,(H2,19,21);1H3;2*1H4. The first-order valence-electron chi connectivity index (χ1n) is 15.6. The van der Waals surface area contributed by atoms with Crippen LogP contribution in [0, 0.1) is 11.6 Å². The van der Waals surface area contributed by atoms with E-state index >= 15 is 8.78 Å². The number of nitrogens with zero attached hydrogens (tertiary/aromatic N) is 4. The van der Waals surface area contributed by atoms with Crippen molar-refractivity contribution in [3.63, 3.8) is 0 Å². The van der Waals surface area contributed by atoms with Crippen molar-refractivity contribution in [1.29, 1.82) is 0 Å². The number of aromatic nitrogens is 4. The predicted octanol–water partition coefficient (Wildman–Crippen LogP) is 11.2. The third kappa shape index (κ3) is 13.5. The van der Waals surface area contributed by atoms with Crippen molar-refractivity contribution >= 4 is 79.3 Å². The molecule has 0 unspecified atom stereocenters. The number of benzene rings is 4. The van der Waals surface area contributed by atoms with Crippen molar-refractivity contribution in [2.45, 2.75) is 27.7 Å². The van der Waals surface area contributed by atoms with Gasteiger partial charge in [0.1, 0.15) is 33.1 Å². The molecule has 0 spiro atoms. The Morgan fingerprint density at radius 3 is 1.54 bits per heavy atom. The first-order chi connectivity index (χ1) is 26.4. The van der Waals surface area contributed by atoms with E-state index in [1.807, 2.05) is 0 Å². The largest absolute Gasteiger partial charge is 0.496 e. The monoisotopic (exact) mass is 882 g/mol. The van der Waals surface area contributed by atoms with Crippen LogP contribution in [0.15, 0.2) is 72.8 Å². The Labute approximate surface area is 351 Å².